The fourth-order valence-corrected chi connectivity index (χ4v) is 4.63. The number of aliphatic hydroxyl groups excluding tert-OH is 17. The summed E-state index contributed by atoms with van der Waals surface area (Å²) >= 11 is 0. The van der Waals surface area contributed by atoms with E-state index in [1.165, 1.54) is 35.5 Å². The van der Waals surface area contributed by atoms with Crippen molar-refractivity contribution in [1.29, 1.82) is 0 Å². The third-order valence-electron chi connectivity index (χ3n) is 8.59. The molecule has 1 saturated heterocycles. The molecule has 1 fully saturated rings. The number of rotatable bonds is 36. The van der Waals surface area contributed by atoms with Crippen molar-refractivity contribution in [3.8, 4) is 0 Å². The minimum atomic E-state index is -0.842. The second kappa shape index (κ2) is 76.9. The van der Waals surface area contributed by atoms with Gasteiger partial charge in [-0.3, -0.25) is 0 Å². The SMILES string of the molecule is CC(CO)OC(CO)CO.CC(CO)OC(CO)CO.COCC(CO)OC(C)CO.COCC(CO)OC(C)CO.COCC(CO)OC(C)CO.COCC(O)CO.COCC(O)CO.COCC1OC(C)CO[C@H]1O.[B].[H-].[Na+]. The maximum absolute atomic E-state index is 9.19. The Labute approximate surface area is 500 Å². The molecule has 0 aliphatic carbocycles. The molecular weight excluding hydrogens is 1090 g/mol. The van der Waals surface area contributed by atoms with E-state index >= 15 is 0 Å². The first kappa shape index (κ1) is 98.9. The monoisotopic (exact) mass is 1200 g/mol. The van der Waals surface area contributed by atoms with Crippen LogP contribution < -0.4 is 29.6 Å². The minimum absolute atomic E-state index is 0. The summed E-state index contributed by atoms with van der Waals surface area (Å²) in [6, 6.07) is 0. The molecule has 0 amide bonds. The topological polar surface area (TPSA) is 464 Å². The van der Waals surface area contributed by atoms with E-state index in [-0.39, 0.29) is 206 Å². The van der Waals surface area contributed by atoms with Crippen LogP contribution in [-0.2, 0) is 61.6 Å². The van der Waals surface area contributed by atoms with E-state index in [0.29, 0.717) is 33.0 Å². The van der Waals surface area contributed by atoms with E-state index < -0.39 is 30.7 Å². The van der Waals surface area contributed by atoms with Gasteiger partial charge < -0.3 is 150 Å². The number of aliphatic hydroxyl groups is 17. The molecule has 80 heavy (non-hydrogen) atoms. The first-order valence-corrected chi connectivity index (χ1v) is 25.1. The summed E-state index contributed by atoms with van der Waals surface area (Å²) in [4.78, 5) is 0. The summed E-state index contributed by atoms with van der Waals surface area (Å²) in [5.74, 6) is 0. The molecule has 13 atom stereocenters. The van der Waals surface area contributed by atoms with Crippen LogP contribution >= 0.6 is 0 Å². The summed E-state index contributed by atoms with van der Waals surface area (Å²) in [5.41, 5.74) is 0. The Morgan fingerprint density at radius 2 is 0.625 bits per heavy atom. The Morgan fingerprint density at radius 1 is 0.388 bits per heavy atom. The molecule has 0 aromatic rings. The van der Waals surface area contributed by atoms with Gasteiger partial charge in [0.25, 0.3) is 0 Å². The fourth-order valence-electron chi connectivity index (χ4n) is 4.63. The van der Waals surface area contributed by atoms with Gasteiger partial charge in [0.15, 0.2) is 6.29 Å². The predicted octanol–water partition coefficient (Wildman–Crippen LogP) is -9.89. The van der Waals surface area contributed by atoms with Crippen LogP contribution in [0.3, 0.4) is 0 Å². The van der Waals surface area contributed by atoms with Crippen LogP contribution in [0.1, 0.15) is 43.0 Å². The molecule has 30 nitrogen and oxygen atoms in total. The summed E-state index contributed by atoms with van der Waals surface area (Å²) < 4.78 is 63.9. The zero-order valence-electron chi connectivity index (χ0n) is 51.0. The van der Waals surface area contributed by atoms with Gasteiger partial charge in [0.2, 0.25) is 0 Å². The van der Waals surface area contributed by atoms with Crippen molar-refractivity contribution in [1.82, 2.24) is 0 Å². The average Bonchev–Trinajstić information content (AvgIpc) is 3.45. The molecule has 17 N–H and O–H groups in total. The third-order valence-corrected chi connectivity index (χ3v) is 8.59. The van der Waals surface area contributed by atoms with Crippen LogP contribution in [0, 0.1) is 0 Å². The Morgan fingerprint density at radius 3 is 0.800 bits per heavy atom. The van der Waals surface area contributed by atoms with Crippen LogP contribution in [-0.4, -0.2) is 368 Å². The average molecular weight is 1200 g/mol. The van der Waals surface area contributed by atoms with Gasteiger partial charge in [-0.25, -0.2) is 0 Å². The summed E-state index contributed by atoms with van der Waals surface area (Å²) in [6.07, 6.45) is -6.11. The van der Waals surface area contributed by atoms with E-state index in [4.69, 9.17) is 134 Å². The van der Waals surface area contributed by atoms with Crippen molar-refractivity contribution in [3.63, 3.8) is 0 Å². The first-order valence-electron chi connectivity index (χ1n) is 25.1. The Balaban J connectivity index is -0.0000000889. The van der Waals surface area contributed by atoms with Crippen LogP contribution in [0.15, 0.2) is 0 Å². The molecular formula is C48H111BNaO30. The quantitative estimate of drug-likeness (QED) is 0.0259. The molecule has 0 bridgehead atoms. The number of methoxy groups -OCH3 is 6. The molecule has 0 aromatic carbocycles. The summed E-state index contributed by atoms with van der Waals surface area (Å²) in [5, 5.41) is 145. The van der Waals surface area contributed by atoms with E-state index in [1.807, 2.05) is 6.92 Å². The molecule has 487 valence electrons. The summed E-state index contributed by atoms with van der Waals surface area (Å²) in [7, 11) is 9.12. The van der Waals surface area contributed by atoms with Crippen LogP contribution in [0.5, 0.6) is 0 Å². The molecule has 0 saturated carbocycles. The van der Waals surface area contributed by atoms with Gasteiger partial charge in [-0.15, -0.1) is 0 Å². The van der Waals surface area contributed by atoms with Gasteiger partial charge in [0.1, 0.15) is 48.8 Å². The molecule has 1 aliphatic heterocycles. The van der Waals surface area contributed by atoms with E-state index in [0.717, 1.165) is 0 Å². The van der Waals surface area contributed by atoms with Crippen LogP contribution in [0.2, 0.25) is 0 Å². The Bertz CT molecular complexity index is 999. The molecule has 1 heterocycles. The van der Waals surface area contributed by atoms with Crippen molar-refractivity contribution in [2.24, 2.45) is 0 Å². The normalized spacial score (nSPS) is 18.1. The van der Waals surface area contributed by atoms with Gasteiger partial charge in [-0.05, 0) is 41.5 Å². The zero-order chi connectivity index (χ0) is 61.7. The third kappa shape index (κ3) is 74.0. The Kier molecular flexibility index (Phi) is 95.1. The first-order chi connectivity index (χ1) is 37.1. The standard InChI is InChI=1S/C7H14O4.3C7H16O4.2C6H14O4.2C4H10O3.B.Na.H/c1-5-3-10-7(8)6(11-5)4-9-2;3*1-6(3-8)11-7(4-9)5-10-2;2*1-5(2-7)10-6(3-8)4-9;2*1-7-3-4(6)2-5;;;/h5-8H,3-4H2,1-2H3;3*6-9H,3-5H2,1-2H3;2*5-9H,2-4H2,1H3;2*4-6H,2-3H2,1H3;;;/q;;;;;;;;;+1;-1/t5?,6?,7-;;;;;;;;;;/m1........../s1. The van der Waals surface area contributed by atoms with E-state index in [1.54, 1.807) is 41.7 Å². The molecule has 3 radical (unpaired) electrons. The van der Waals surface area contributed by atoms with Crippen molar-refractivity contribution >= 4 is 8.41 Å². The number of ether oxygens (including phenoxy) is 13. The molecule has 1 aliphatic rings. The molecule has 0 aromatic heterocycles. The maximum atomic E-state index is 9.19. The largest absolute Gasteiger partial charge is 1.00 e. The van der Waals surface area contributed by atoms with Crippen LogP contribution in [0.4, 0.5) is 0 Å². The van der Waals surface area contributed by atoms with Gasteiger partial charge in [0, 0.05) is 51.1 Å². The second-order valence-electron chi connectivity index (χ2n) is 16.6. The van der Waals surface area contributed by atoms with Gasteiger partial charge in [-0.1, -0.05) is 0 Å². The summed E-state index contributed by atoms with van der Waals surface area (Å²) in [6.45, 7) is 10.8. The van der Waals surface area contributed by atoms with Gasteiger partial charge in [0.05, 0.1) is 175 Å². The smallest absolute Gasteiger partial charge is 1.00 e. The zero-order valence-corrected chi connectivity index (χ0v) is 52.0. The molecule has 12 unspecified atom stereocenters. The number of hydrogen-bond donors (Lipinski definition) is 17. The minimum Gasteiger partial charge on any atom is -1.00 e. The maximum Gasteiger partial charge on any atom is 1.00 e. The van der Waals surface area contributed by atoms with Crippen molar-refractivity contribution in [2.75, 3.05) is 181 Å². The second-order valence-corrected chi connectivity index (χ2v) is 16.6. The van der Waals surface area contributed by atoms with E-state index in [2.05, 4.69) is 9.47 Å². The van der Waals surface area contributed by atoms with Crippen LogP contribution in [0.25, 0.3) is 0 Å². The van der Waals surface area contributed by atoms with Crippen molar-refractivity contribution < 1.29 is 179 Å². The number of hydrogen-bond acceptors (Lipinski definition) is 30. The molecule has 0 spiro atoms. The Hall–Kier alpha value is -0.135. The van der Waals surface area contributed by atoms with E-state index in [9.17, 15) is 5.11 Å². The predicted molar refractivity (Wildman–Crippen MR) is 287 cm³/mol. The molecule has 1 rings (SSSR count). The van der Waals surface area contributed by atoms with Gasteiger partial charge >= 0.3 is 29.6 Å². The fraction of sp³-hybridized carbons (Fsp3) is 1.00. The van der Waals surface area contributed by atoms with Gasteiger partial charge in [-0.2, -0.15) is 0 Å². The van der Waals surface area contributed by atoms with Crippen molar-refractivity contribution in [3.05, 3.63) is 0 Å². The van der Waals surface area contributed by atoms with Crippen molar-refractivity contribution in [2.45, 2.75) is 133 Å². The molecule has 32 heteroatoms.